The molecule has 0 fully saturated rings. The molecule has 1 aromatic heterocycles. The topological polar surface area (TPSA) is 55.9 Å². The number of nitrogens with zero attached hydrogens (tertiary/aromatic N) is 2. The van der Waals surface area contributed by atoms with Gasteiger partial charge in [0.05, 0.1) is 27.5 Å². The Morgan fingerprint density at radius 2 is 2.05 bits per heavy atom. The molecule has 0 saturated heterocycles. The van der Waals surface area contributed by atoms with E-state index in [1.807, 2.05) is 29.8 Å². The van der Waals surface area contributed by atoms with Crippen LogP contribution < -0.4 is 11.3 Å². The largest absolute Gasteiger partial charge is 0.271 e. The van der Waals surface area contributed by atoms with Crippen LogP contribution >= 0.6 is 23.2 Å². The Morgan fingerprint density at radius 3 is 2.65 bits per heavy atom. The number of aromatic nitrogens is 2. The lowest BCUT2D eigenvalue weighted by Crippen LogP contribution is -2.31. The van der Waals surface area contributed by atoms with E-state index in [9.17, 15) is 0 Å². The summed E-state index contributed by atoms with van der Waals surface area (Å²) in [6, 6.07) is 7.65. The average molecular weight is 313 g/mol. The minimum Gasteiger partial charge on any atom is -0.271 e. The van der Waals surface area contributed by atoms with Crippen molar-refractivity contribution in [1.29, 1.82) is 0 Å². The lowest BCUT2D eigenvalue weighted by molar-refractivity contribution is 0.490. The van der Waals surface area contributed by atoms with Crippen molar-refractivity contribution in [3.8, 4) is 0 Å². The Hall–Kier alpha value is -1.07. The molecule has 1 heterocycles. The molecule has 1 atom stereocenters. The van der Waals surface area contributed by atoms with Gasteiger partial charge in [-0.15, -0.1) is 0 Å². The van der Waals surface area contributed by atoms with Gasteiger partial charge in [-0.25, -0.2) is 0 Å². The molecule has 0 aliphatic carbocycles. The second kappa shape index (κ2) is 6.59. The van der Waals surface area contributed by atoms with Crippen LogP contribution in [0.5, 0.6) is 0 Å². The van der Waals surface area contributed by atoms with Crippen molar-refractivity contribution in [2.24, 2.45) is 5.84 Å². The lowest BCUT2D eigenvalue weighted by Gasteiger charge is -2.17. The fourth-order valence-electron chi connectivity index (χ4n) is 2.25. The molecule has 4 nitrogen and oxygen atoms in total. The standard InChI is InChI=1S/C14H18Cl2N4/c1-3-20-14(6-9(2)19-20)13(18-17)8-10-4-5-11(15)12(16)7-10/h4-7,13,18H,3,8,17H2,1-2H3. The minimum atomic E-state index is -0.0200. The predicted molar refractivity (Wildman–Crippen MR) is 82.9 cm³/mol. The van der Waals surface area contributed by atoms with E-state index in [-0.39, 0.29) is 6.04 Å². The van der Waals surface area contributed by atoms with Crippen molar-refractivity contribution < 1.29 is 0 Å². The van der Waals surface area contributed by atoms with Gasteiger partial charge in [0.25, 0.3) is 0 Å². The summed E-state index contributed by atoms with van der Waals surface area (Å²) < 4.78 is 1.96. The molecule has 0 radical (unpaired) electrons. The maximum absolute atomic E-state index is 6.05. The molecule has 108 valence electrons. The Kier molecular flexibility index (Phi) is 5.05. The summed E-state index contributed by atoms with van der Waals surface area (Å²) in [4.78, 5) is 0. The number of nitrogens with one attached hydrogen (secondary N) is 1. The van der Waals surface area contributed by atoms with Crippen molar-refractivity contribution in [2.75, 3.05) is 0 Å². The molecule has 0 aliphatic heterocycles. The van der Waals surface area contributed by atoms with Crippen LogP contribution in [0, 0.1) is 6.92 Å². The highest BCUT2D eigenvalue weighted by molar-refractivity contribution is 6.42. The molecule has 1 aromatic carbocycles. The van der Waals surface area contributed by atoms with Crippen LogP contribution in [0.15, 0.2) is 24.3 Å². The Bertz CT molecular complexity index is 595. The number of halogens is 2. The van der Waals surface area contributed by atoms with E-state index in [0.29, 0.717) is 10.0 Å². The zero-order valence-electron chi connectivity index (χ0n) is 11.5. The van der Waals surface area contributed by atoms with Gasteiger partial charge in [0.2, 0.25) is 0 Å². The van der Waals surface area contributed by atoms with Crippen LogP contribution in [0.25, 0.3) is 0 Å². The average Bonchev–Trinajstić information content (AvgIpc) is 2.81. The quantitative estimate of drug-likeness (QED) is 0.658. The number of benzene rings is 1. The zero-order chi connectivity index (χ0) is 14.7. The maximum Gasteiger partial charge on any atom is 0.0669 e. The molecular formula is C14H18Cl2N4. The van der Waals surface area contributed by atoms with Crippen molar-refractivity contribution >= 4 is 23.2 Å². The number of hydrazine groups is 1. The first-order valence-corrected chi connectivity index (χ1v) is 7.25. The van der Waals surface area contributed by atoms with E-state index in [2.05, 4.69) is 17.4 Å². The molecule has 2 rings (SSSR count). The van der Waals surface area contributed by atoms with E-state index < -0.39 is 0 Å². The second-order valence-electron chi connectivity index (χ2n) is 4.70. The van der Waals surface area contributed by atoms with Gasteiger partial charge in [0.15, 0.2) is 0 Å². The van der Waals surface area contributed by atoms with Crippen molar-refractivity contribution in [3.05, 3.63) is 51.3 Å². The summed E-state index contributed by atoms with van der Waals surface area (Å²) in [5, 5.41) is 5.56. The van der Waals surface area contributed by atoms with Gasteiger partial charge in [-0.3, -0.25) is 16.0 Å². The highest BCUT2D eigenvalue weighted by atomic mass is 35.5. The molecular weight excluding hydrogens is 295 g/mol. The molecule has 0 saturated carbocycles. The number of hydrogen-bond acceptors (Lipinski definition) is 3. The van der Waals surface area contributed by atoms with E-state index in [0.717, 1.165) is 29.9 Å². The Labute approximate surface area is 128 Å². The van der Waals surface area contributed by atoms with Gasteiger partial charge in [-0.05, 0) is 44.0 Å². The third kappa shape index (κ3) is 3.33. The van der Waals surface area contributed by atoms with Crippen LogP contribution in [-0.4, -0.2) is 9.78 Å². The van der Waals surface area contributed by atoms with Gasteiger partial charge in [0, 0.05) is 6.54 Å². The number of nitrogens with two attached hydrogens (primary N) is 1. The summed E-state index contributed by atoms with van der Waals surface area (Å²) >= 11 is 12.0. The minimum absolute atomic E-state index is 0.0200. The van der Waals surface area contributed by atoms with Crippen LogP contribution in [0.2, 0.25) is 10.0 Å². The molecule has 0 aliphatic rings. The molecule has 1 unspecified atom stereocenters. The number of rotatable bonds is 5. The first-order chi connectivity index (χ1) is 9.55. The van der Waals surface area contributed by atoms with Gasteiger partial charge in [0.1, 0.15) is 0 Å². The first-order valence-electron chi connectivity index (χ1n) is 6.49. The van der Waals surface area contributed by atoms with Gasteiger partial charge in [-0.2, -0.15) is 5.10 Å². The lowest BCUT2D eigenvalue weighted by atomic mass is 10.0. The molecule has 3 N–H and O–H groups in total. The van der Waals surface area contributed by atoms with Gasteiger partial charge >= 0.3 is 0 Å². The normalized spacial score (nSPS) is 12.7. The molecule has 20 heavy (non-hydrogen) atoms. The molecule has 6 heteroatoms. The Balaban J connectivity index is 2.26. The summed E-state index contributed by atoms with van der Waals surface area (Å²) in [6.07, 6.45) is 0.721. The smallest absolute Gasteiger partial charge is 0.0669 e. The van der Waals surface area contributed by atoms with Gasteiger partial charge in [-0.1, -0.05) is 29.3 Å². The van der Waals surface area contributed by atoms with Crippen LogP contribution in [0.1, 0.15) is 29.9 Å². The van der Waals surface area contributed by atoms with E-state index in [1.54, 1.807) is 6.07 Å². The van der Waals surface area contributed by atoms with Crippen LogP contribution in [0.4, 0.5) is 0 Å². The van der Waals surface area contributed by atoms with Crippen molar-refractivity contribution in [1.82, 2.24) is 15.2 Å². The maximum atomic E-state index is 6.05. The summed E-state index contributed by atoms with van der Waals surface area (Å²) in [5.41, 5.74) is 5.98. The SMILES string of the molecule is CCn1nc(C)cc1C(Cc1ccc(Cl)c(Cl)c1)NN. The van der Waals surface area contributed by atoms with E-state index >= 15 is 0 Å². The third-order valence-corrected chi connectivity index (χ3v) is 3.95. The summed E-state index contributed by atoms with van der Waals surface area (Å²) in [5.74, 6) is 5.70. The second-order valence-corrected chi connectivity index (χ2v) is 5.51. The fraction of sp³-hybridized carbons (Fsp3) is 0.357. The van der Waals surface area contributed by atoms with Crippen LogP contribution in [0.3, 0.4) is 0 Å². The van der Waals surface area contributed by atoms with Crippen molar-refractivity contribution in [2.45, 2.75) is 32.9 Å². The van der Waals surface area contributed by atoms with Gasteiger partial charge < -0.3 is 0 Å². The first kappa shape index (κ1) is 15.3. The third-order valence-electron chi connectivity index (χ3n) is 3.21. The number of aryl methyl sites for hydroxylation is 2. The molecule has 0 spiro atoms. The van der Waals surface area contributed by atoms with E-state index in [4.69, 9.17) is 29.0 Å². The highest BCUT2D eigenvalue weighted by Gasteiger charge is 2.16. The summed E-state index contributed by atoms with van der Waals surface area (Å²) in [7, 11) is 0. The monoisotopic (exact) mass is 312 g/mol. The fourth-order valence-corrected chi connectivity index (χ4v) is 2.57. The van der Waals surface area contributed by atoms with Crippen molar-refractivity contribution in [3.63, 3.8) is 0 Å². The number of hydrogen-bond donors (Lipinski definition) is 2. The Morgan fingerprint density at radius 1 is 1.30 bits per heavy atom. The summed E-state index contributed by atoms with van der Waals surface area (Å²) in [6.45, 7) is 4.84. The predicted octanol–water partition coefficient (Wildman–Crippen LogP) is 3.27. The zero-order valence-corrected chi connectivity index (χ0v) is 13.0. The molecule has 2 aromatic rings. The van der Waals surface area contributed by atoms with Crippen LogP contribution in [-0.2, 0) is 13.0 Å². The molecule has 0 amide bonds. The highest BCUT2D eigenvalue weighted by Crippen LogP contribution is 2.25. The van der Waals surface area contributed by atoms with E-state index in [1.165, 1.54) is 0 Å². The molecule has 0 bridgehead atoms.